The Morgan fingerprint density at radius 1 is 1.33 bits per heavy atom. The summed E-state index contributed by atoms with van der Waals surface area (Å²) in [5, 5.41) is 6.38. The molecule has 1 aromatic carbocycles. The van der Waals surface area contributed by atoms with Crippen LogP contribution in [-0.4, -0.2) is 11.9 Å². The molecule has 0 aliphatic heterocycles. The first-order valence-corrected chi connectivity index (χ1v) is 6.71. The van der Waals surface area contributed by atoms with Gasteiger partial charge in [0.2, 0.25) is 5.91 Å². The van der Waals surface area contributed by atoms with Crippen LogP contribution in [0.3, 0.4) is 0 Å². The summed E-state index contributed by atoms with van der Waals surface area (Å²) < 4.78 is 0. The van der Waals surface area contributed by atoms with Gasteiger partial charge in [0, 0.05) is 24.3 Å². The molecule has 0 aliphatic rings. The fraction of sp³-hybridized carbons (Fsp3) is 0.533. The van der Waals surface area contributed by atoms with Crippen LogP contribution in [-0.2, 0) is 4.79 Å². The Balaban J connectivity index is 2.82. The van der Waals surface area contributed by atoms with Gasteiger partial charge in [0.15, 0.2) is 0 Å². The van der Waals surface area contributed by atoms with E-state index >= 15 is 0 Å². The summed E-state index contributed by atoms with van der Waals surface area (Å²) in [6.45, 7) is 8.00. The van der Waals surface area contributed by atoms with E-state index in [2.05, 4.69) is 31.4 Å². The molecule has 1 unspecified atom stereocenters. The van der Waals surface area contributed by atoms with E-state index in [0.29, 0.717) is 6.04 Å². The van der Waals surface area contributed by atoms with Gasteiger partial charge >= 0.3 is 0 Å². The summed E-state index contributed by atoms with van der Waals surface area (Å²) in [7, 11) is 0. The maximum absolute atomic E-state index is 11.1. The minimum absolute atomic E-state index is 0.0367. The van der Waals surface area contributed by atoms with Gasteiger partial charge in [0.1, 0.15) is 0 Å². The SMILES string of the molecule is CCCC(CC)Nc1cc(NC(C)=O)ccc1C. The quantitative estimate of drug-likeness (QED) is 0.800. The van der Waals surface area contributed by atoms with Crippen molar-refractivity contribution in [1.82, 2.24) is 0 Å². The average molecular weight is 248 g/mol. The van der Waals surface area contributed by atoms with Gasteiger partial charge in [0.05, 0.1) is 0 Å². The van der Waals surface area contributed by atoms with Crippen molar-refractivity contribution in [3.63, 3.8) is 0 Å². The number of anilines is 2. The van der Waals surface area contributed by atoms with E-state index in [-0.39, 0.29) is 5.91 Å². The molecule has 0 heterocycles. The molecule has 0 aliphatic carbocycles. The summed E-state index contributed by atoms with van der Waals surface area (Å²) in [4.78, 5) is 11.1. The second kappa shape index (κ2) is 7.04. The van der Waals surface area contributed by atoms with Crippen LogP contribution in [0.15, 0.2) is 18.2 Å². The summed E-state index contributed by atoms with van der Waals surface area (Å²) in [5.74, 6) is -0.0367. The predicted octanol–water partition coefficient (Wildman–Crippen LogP) is 3.94. The van der Waals surface area contributed by atoms with E-state index in [0.717, 1.165) is 17.8 Å². The number of hydrogen-bond donors (Lipinski definition) is 2. The number of nitrogens with one attached hydrogen (secondary N) is 2. The zero-order chi connectivity index (χ0) is 13.5. The zero-order valence-electron chi connectivity index (χ0n) is 11.8. The molecule has 0 saturated carbocycles. The monoisotopic (exact) mass is 248 g/mol. The third-order valence-electron chi connectivity index (χ3n) is 3.05. The summed E-state index contributed by atoms with van der Waals surface area (Å²) >= 11 is 0. The Hall–Kier alpha value is -1.51. The normalized spacial score (nSPS) is 12.0. The number of carbonyl (C=O) groups is 1. The van der Waals surface area contributed by atoms with Gasteiger partial charge < -0.3 is 10.6 Å². The first kappa shape index (κ1) is 14.6. The number of benzene rings is 1. The van der Waals surface area contributed by atoms with Crippen LogP contribution in [0, 0.1) is 6.92 Å². The molecular formula is C15H24N2O. The van der Waals surface area contributed by atoms with Crippen LogP contribution in [0.4, 0.5) is 11.4 Å². The fourth-order valence-corrected chi connectivity index (χ4v) is 2.01. The molecule has 0 bridgehead atoms. The van der Waals surface area contributed by atoms with Gasteiger partial charge in [-0.2, -0.15) is 0 Å². The first-order chi connectivity index (χ1) is 8.56. The van der Waals surface area contributed by atoms with Crippen LogP contribution >= 0.6 is 0 Å². The molecule has 1 atom stereocenters. The molecule has 2 N–H and O–H groups in total. The third-order valence-corrected chi connectivity index (χ3v) is 3.05. The second-order valence-electron chi connectivity index (χ2n) is 4.75. The molecule has 0 saturated heterocycles. The summed E-state index contributed by atoms with van der Waals surface area (Å²) in [6.07, 6.45) is 3.45. The highest BCUT2D eigenvalue weighted by atomic mass is 16.1. The van der Waals surface area contributed by atoms with Crippen molar-refractivity contribution in [1.29, 1.82) is 0 Å². The van der Waals surface area contributed by atoms with Gasteiger partial charge in [-0.05, 0) is 37.5 Å². The van der Waals surface area contributed by atoms with E-state index in [1.54, 1.807) is 0 Å². The molecule has 1 rings (SSSR count). The lowest BCUT2D eigenvalue weighted by molar-refractivity contribution is -0.114. The minimum Gasteiger partial charge on any atom is -0.382 e. The molecule has 3 nitrogen and oxygen atoms in total. The molecule has 0 radical (unpaired) electrons. The molecule has 18 heavy (non-hydrogen) atoms. The maximum Gasteiger partial charge on any atom is 0.221 e. The Kier molecular flexibility index (Phi) is 5.69. The highest BCUT2D eigenvalue weighted by molar-refractivity contribution is 5.89. The van der Waals surface area contributed by atoms with Crippen LogP contribution in [0.5, 0.6) is 0 Å². The smallest absolute Gasteiger partial charge is 0.221 e. The molecule has 1 amide bonds. The van der Waals surface area contributed by atoms with Gasteiger partial charge in [-0.25, -0.2) is 0 Å². The van der Waals surface area contributed by atoms with Gasteiger partial charge in [0.25, 0.3) is 0 Å². The Bertz CT molecular complexity index is 401. The lowest BCUT2D eigenvalue weighted by Gasteiger charge is -2.20. The fourth-order valence-electron chi connectivity index (χ4n) is 2.01. The summed E-state index contributed by atoms with van der Waals surface area (Å²) in [6, 6.07) is 6.48. The number of hydrogen-bond acceptors (Lipinski definition) is 2. The maximum atomic E-state index is 11.1. The largest absolute Gasteiger partial charge is 0.382 e. The highest BCUT2D eigenvalue weighted by Crippen LogP contribution is 2.22. The Morgan fingerprint density at radius 2 is 2.06 bits per heavy atom. The van der Waals surface area contributed by atoms with Gasteiger partial charge in [-0.15, -0.1) is 0 Å². The van der Waals surface area contributed by atoms with Crippen molar-refractivity contribution < 1.29 is 4.79 Å². The third kappa shape index (κ3) is 4.40. The van der Waals surface area contributed by atoms with Crippen LogP contribution < -0.4 is 10.6 Å². The molecule has 0 fully saturated rings. The number of rotatable bonds is 6. The summed E-state index contributed by atoms with van der Waals surface area (Å²) in [5.41, 5.74) is 3.17. The van der Waals surface area contributed by atoms with E-state index < -0.39 is 0 Å². The van der Waals surface area contributed by atoms with Gasteiger partial charge in [-0.1, -0.05) is 26.3 Å². The average Bonchev–Trinajstić information content (AvgIpc) is 2.32. The number of aryl methyl sites for hydroxylation is 1. The van der Waals surface area contributed by atoms with Crippen LogP contribution in [0.25, 0.3) is 0 Å². The standard InChI is InChI=1S/C15H24N2O/c1-5-7-13(6-2)17-15-10-14(16-12(4)18)9-8-11(15)3/h8-10,13,17H,5-7H2,1-4H3,(H,16,18). The van der Waals surface area contributed by atoms with Crippen molar-refractivity contribution in [2.24, 2.45) is 0 Å². The highest BCUT2D eigenvalue weighted by Gasteiger charge is 2.07. The number of carbonyl (C=O) groups excluding carboxylic acids is 1. The molecule has 1 aromatic rings. The van der Waals surface area contributed by atoms with Crippen molar-refractivity contribution in [3.8, 4) is 0 Å². The van der Waals surface area contributed by atoms with Crippen molar-refractivity contribution >= 4 is 17.3 Å². The van der Waals surface area contributed by atoms with E-state index in [1.165, 1.54) is 25.3 Å². The van der Waals surface area contributed by atoms with Crippen molar-refractivity contribution in [2.45, 2.75) is 53.0 Å². The zero-order valence-corrected chi connectivity index (χ0v) is 11.8. The number of amides is 1. The van der Waals surface area contributed by atoms with Crippen LogP contribution in [0.1, 0.15) is 45.6 Å². The molecule has 3 heteroatoms. The predicted molar refractivity (Wildman–Crippen MR) is 78.1 cm³/mol. The molecule has 100 valence electrons. The topological polar surface area (TPSA) is 41.1 Å². The lowest BCUT2D eigenvalue weighted by Crippen LogP contribution is -2.18. The van der Waals surface area contributed by atoms with Crippen molar-refractivity contribution in [2.75, 3.05) is 10.6 Å². The van der Waals surface area contributed by atoms with E-state index in [4.69, 9.17) is 0 Å². The first-order valence-electron chi connectivity index (χ1n) is 6.71. The molecule has 0 spiro atoms. The van der Waals surface area contributed by atoms with E-state index in [1.807, 2.05) is 18.2 Å². The molecular weight excluding hydrogens is 224 g/mol. The lowest BCUT2D eigenvalue weighted by atomic mass is 10.1. The Morgan fingerprint density at radius 3 is 2.61 bits per heavy atom. The van der Waals surface area contributed by atoms with Crippen LogP contribution in [0.2, 0.25) is 0 Å². The second-order valence-corrected chi connectivity index (χ2v) is 4.75. The van der Waals surface area contributed by atoms with E-state index in [9.17, 15) is 4.79 Å². The van der Waals surface area contributed by atoms with Gasteiger partial charge in [-0.3, -0.25) is 4.79 Å². The van der Waals surface area contributed by atoms with Crippen molar-refractivity contribution in [3.05, 3.63) is 23.8 Å². The molecule has 0 aromatic heterocycles. The minimum atomic E-state index is -0.0367. The Labute approximate surface area is 110 Å².